The van der Waals surface area contributed by atoms with Gasteiger partial charge in [-0.25, -0.2) is 8.78 Å². The maximum atomic E-state index is 13.4. The number of rotatable bonds is 9. The molecule has 3 aromatic carbocycles. The number of nitrogens with one attached hydrogen (secondary N) is 1. The van der Waals surface area contributed by atoms with Crippen LogP contribution in [0.1, 0.15) is 5.56 Å². The first-order valence-electron chi connectivity index (χ1n) is 10.9. The van der Waals surface area contributed by atoms with Gasteiger partial charge in [0.15, 0.2) is 11.6 Å². The molecule has 1 amide bonds. The van der Waals surface area contributed by atoms with Crippen molar-refractivity contribution in [2.24, 2.45) is 0 Å². The fourth-order valence-electron chi connectivity index (χ4n) is 3.61. The Bertz CT molecular complexity index is 1310. The third-order valence-corrected chi connectivity index (χ3v) is 5.53. The van der Waals surface area contributed by atoms with Gasteiger partial charge in [0.2, 0.25) is 6.41 Å². The second kappa shape index (κ2) is 10.6. The number of nitrogens with zero attached hydrogens (tertiary/aromatic N) is 3. The lowest BCUT2D eigenvalue weighted by Crippen LogP contribution is -2.19. The minimum absolute atomic E-state index is 0.110. The van der Waals surface area contributed by atoms with E-state index in [9.17, 15) is 13.6 Å². The second-order valence-corrected chi connectivity index (χ2v) is 7.73. The van der Waals surface area contributed by atoms with Gasteiger partial charge in [0.05, 0.1) is 23.3 Å². The van der Waals surface area contributed by atoms with E-state index in [0.717, 1.165) is 35.6 Å². The molecule has 0 bridgehead atoms. The van der Waals surface area contributed by atoms with Gasteiger partial charge in [0.25, 0.3) is 0 Å². The molecule has 0 saturated heterocycles. The number of hydrogen-bond acceptors (Lipinski definition) is 5. The van der Waals surface area contributed by atoms with Crippen LogP contribution in [0.25, 0.3) is 0 Å². The molecule has 1 N–H and O–H groups in total. The molecule has 0 fully saturated rings. The van der Waals surface area contributed by atoms with E-state index >= 15 is 0 Å². The first kappa shape index (κ1) is 23.7. The summed E-state index contributed by atoms with van der Waals surface area (Å²) in [6.45, 7) is 0.110. The Morgan fingerprint density at radius 2 is 1.74 bits per heavy atom. The second-order valence-electron chi connectivity index (χ2n) is 7.73. The van der Waals surface area contributed by atoms with E-state index in [4.69, 9.17) is 4.74 Å². The van der Waals surface area contributed by atoms with Crippen molar-refractivity contribution in [3.63, 3.8) is 0 Å². The Morgan fingerprint density at radius 1 is 0.943 bits per heavy atom. The molecule has 0 aliphatic carbocycles. The molecule has 0 aliphatic rings. The van der Waals surface area contributed by atoms with Gasteiger partial charge in [0, 0.05) is 31.7 Å². The standard InChI is InChI=1S/C27H24F2N4O2/c1-30-20-4-3-5-22(15-20)33(18-34)26-12-13-31-16-27(26)32(2)21-7-9-23(10-8-21)35-17-19-6-11-24(28)25(29)14-19/h3-16,18,30H,17H2,1-2H3. The van der Waals surface area contributed by atoms with Gasteiger partial charge in [-0.15, -0.1) is 0 Å². The van der Waals surface area contributed by atoms with Gasteiger partial charge >= 0.3 is 0 Å². The van der Waals surface area contributed by atoms with E-state index in [1.54, 1.807) is 35.5 Å². The van der Waals surface area contributed by atoms with Gasteiger partial charge in [-0.1, -0.05) is 12.1 Å². The monoisotopic (exact) mass is 474 g/mol. The van der Waals surface area contributed by atoms with Crippen molar-refractivity contribution in [1.82, 2.24) is 4.98 Å². The topological polar surface area (TPSA) is 57.7 Å². The lowest BCUT2D eigenvalue weighted by molar-refractivity contribution is -0.106. The Morgan fingerprint density at radius 3 is 2.46 bits per heavy atom. The first-order chi connectivity index (χ1) is 17.0. The van der Waals surface area contributed by atoms with Crippen LogP contribution < -0.4 is 19.9 Å². The third kappa shape index (κ3) is 5.38. The molecule has 35 heavy (non-hydrogen) atoms. The molecule has 6 nitrogen and oxygen atoms in total. The first-order valence-corrected chi connectivity index (χ1v) is 10.9. The molecule has 0 spiro atoms. The van der Waals surface area contributed by atoms with Crippen molar-refractivity contribution in [3.05, 3.63) is 102 Å². The maximum Gasteiger partial charge on any atom is 0.218 e. The molecular formula is C27H24F2N4O2. The zero-order valence-electron chi connectivity index (χ0n) is 19.3. The highest BCUT2D eigenvalue weighted by molar-refractivity contribution is 5.93. The average molecular weight is 475 g/mol. The summed E-state index contributed by atoms with van der Waals surface area (Å²) in [5.74, 6) is -1.21. The van der Waals surface area contributed by atoms with Gasteiger partial charge in [-0.05, 0) is 66.2 Å². The minimum atomic E-state index is -0.905. The zero-order chi connectivity index (χ0) is 24.8. The van der Waals surface area contributed by atoms with Crippen LogP contribution in [0.2, 0.25) is 0 Å². The summed E-state index contributed by atoms with van der Waals surface area (Å²) in [7, 11) is 3.70. The van der Waals surface area contributed by atoms with E-state index in [1.807, 2.05) is 55.4 Å². The quantitative estimate of drug-likeness (QED) is 0.300. The number of carbonyl (C=O) groups excluding carboxylic acids is 1. The normalized spacial score (nSPS) is 10.5. The number of ether oxygens (including phenoxy) is 1. The van der Waals surface area contributed by atoms with Crippen LogP contribution >= 0.6 is 0 Å². The Hall–Kier alpha value is -4.46. The zero-order valence-corrected chi connectivity index (χ0v) is 19.3. The van der Waals surface area contributed by atoms with Gasteiger partial charge < -0.3 is 15.0 Å². The summed E-state index contributed by atoms with van der Waals surface area (Å²) in [5.41, 5.74) is 4.37. The number of benzene rings is 3. The molecule has 8 heteroatoms. The van der Waals surface area contributed by atoms with Crippen LogP contribution in [0.15, 0.2) is 85.2 Å². The van der Waals surface area contributed by atoms with Crippen molar-refractivity contribution in [1.29, 1.82) is 0 Å². The highest BCUT2D eigenvalue weighted by Gasteiger charge is 2.17. The number of hydrogen-bond donors (Lipinski definition) is 1. The molecule has 0 aliphatic heterocycles. The van der Waals surface area contributed by atoms with Crippen LogP contribution in [0.3, 0.4) is 0 Å². The lowest BCUT2D eigenvalue weighted by atomic mass is 10.2. The van der Waals surface area contributed by atoms with Crippen LogP contribution in [0.5, 0.6) is 5.75 Å². The number of amides is 1. The Labute approximate surface area is 202 Å². The Kier molecular flexibility index (Phi) is 7.21. The highest BCUT2D eigenvalue weighted by Crippen LogP contribution is 2.36. The fourth-order valence-corrected chi connectivity index (χ4v) is 3.61. The molecule has 0 atom stereocenters. The van der Waals surface area contributed by atoms with E-state index in [-0.39, 0.29) is 6.61 Å². The smallest absolute Gasteiger partial charge is 0.218 e. The number of halogens is 2. The fraction of sp³-hybridized carbons (Fsp3) is 0.111. The van der Waals surface area contributed by atoms with Crippen molar-refractivity contribution in [3.8, 4) is 5.75 Å². The van der Waals surface area contributed by atoms with Crippen molar-refractivity contribution < 1.29 is 18.3 Å². The lowest BCUT2D eigenvalue weighted by Gasteiger charge is -2.27. The predicted octanol–water partition coefficient (Wildman–Crippen LogP) is 6.04. The number of pyridine rings is 1. The van der Waals surface area contributed by atoms with Gasteiger partial charge in [0.1, 0.15) is 12.4 Å². The summed E-state index contributed by atoms with van der Waals surface area (Å²) in [6.07, 6.45) is 4.11. The number of aromatic nitrogens is 1. The molecule has 178 valence electrons. The molecule has 4 aromatic rings. The molecule has 0 radical (unpaired) electrons. The van der Waals surface area contributed by atoms with E-state index < -0.39 is 11.6 Å². The summed E-state index contributed by atoms with van der Waals surface area (Å²) < 4.78 is 32.2. The van der Waals surface area contributed by atoms with E-state index in [1.165, 1.54) is 6.07 Å². The largest absolute Gasteiger partial charge is 0.489 e. The maximum absolute atomic E-state index is 13.4. The van der Waals surface area contributed by atoms with Crippen LogP contribution in [0.4, 0.5) is 37.2 Å². The molecule has 1 heterocycles. The van der Waals surface area contributed by atoms with Crippen LogP contribution in [0, 0.1) is 11.6 Å². The summed E-state index contributed by atoms with van der Waals surface area (Å²) in [4.78, 5) is 19.8. The van der Waals surface area contributed by atoms with Crippen molar-refractivity contribution >= 4 is 34.8 Å². The Balaban J connectivity index is 1.54. The summed E-state index contributed by atoms with van der Waals surface area (Å²) in [6, 6.07) is 20.3. The van der Waals surface area contributed by atoms with Crippen molar-refractivity contribution in [2.75, 3.05) is 29.2 Å². The number of anilines is 5. The molecule has 1 aromatic heterocycles. The minimum Gasteiger partial charge on any atom is -0.489 e. The van der Waals surface area contributed by atoms with Crippen LogP contribution in [-0.4, -0.2) is 25.5 Å². The molecular weight excluding hydrogens is 450 g/mol. The predicted molar refractivity (Wildman–Crippen MR) is 134 cm³/mol. The van der Waals surface area contributed by atoms with E-state index in [0.29, 0.717) is 22.7 Å². The van der Waals surface area contributed by atoms with Crippen molar-refractivity contribution in [2.45, 2.75) is 6.61 Å². The third-order valence-electron chi connectivity index (χ3n) is 5.53. The molecule has 4 rings (SSSR count). The highest BCUT2D eigenvalue weighted by atomic mass is 19.2. The summed E-state index contributed by atoms with van der Waals surface area (Å²) in [5, 5.41) is 3.08. The number of carbonyl (C=O) groups is 1. The van der Waals surface area contributed by atoms with Gasteiger partial charge in [-0.2, -0.15) is 0 Å². The van der Waals surface area contributed by atoms with E-state index in [2.05, 4.69) is 10.3 Å². The molecule has 0 saturated carbocycles. The molecule has 0 unspecified atom stereocenters. The average Bonchev–Trinajstić information content (AvgIpc) is 2.90. The van der Waals surface area contributed by atoms with Crippen LogP contribution in [-0.2, 0) is 11.4 Å². The SMILES string of the molecule is CNc1cccc(N(C=O)c2ccncc2N(C)c2ccc(OCc3ccc(F)c(F)c3)cc2)c1. The van der Waals surface area contributed by atoms with Gasteiger partial charge in [-0.3, -0.25) is 14.7 Å². The summed E-state index contributed by atoms with van der Waals surface area (Å²) >= 11 is 0.